The van der Waals surface area contributed by atoms with Gasteiger partial charge in [0.15, 0.2) is 0 Å². The van der Waals surface area contributed by atoms with Crippen molar-refractivity contribution in [2.24, 2.45) is 0 Å². The molecule has 9 heteroatoms. The number of hydrogen-bond acceptors (Lipinski definition) is 3. The first-order valence-electron chi connectivity index (χ1n) is 7.12. The lowest BCUT2D eigenvalue weighted by Gasteiger charge is -2.28. The number of halogens is 3. The largest absolute Gasteiger partial charge is 0.416 e. The molecule has 5 nitrogen and oxygen atoms in total. The molecule has 0 aliphatic carbocycles. The average molecular weight is 360 g/mol. The lowest BCUT2D eigenvalue weighted by Crippen LogP contribution is -2.59. The molecular formula is C15H15F3N2O3S. The fraction of sp³-hybridized carbons (Fsp3) is 0.333. The van der Waals surface area contributed by atoms with Crippen molar-refractivity contribution in [2.45, 2.75) is 20.0 Å². The van der Waals surface area contributed by atoms with Crippen molar-refractivity contribution in [2.75, 3.05) is 16.4 Å². The first-order chi connectivity index (χ1) is 11.2. The molecule has 1 saturated heterocycles. The van der Waals surface area contributed by atoms with Gasteiger partial charge < -0.3 is 0 Å². The normalized spacial score (nSPS) is 16.0. The first kappa shape index (κ1) is 18.2. The Balaban J connectivity index is 2.54. The molecule has 0 atom stereocenters. The van der Waals surface area contributed by atoms with Crippen molar-refractivity contribution in [1.29, 1.82) is 0 Å². The molecule has 1 N–H and O–H groups in total. The minimum absolute atomic E-state index is 0.0861. The summed E-state index contributed by atoms with van der Waals surface area (Å²) in [5.74, 6) is -0.596. The molecule has 1 fully saturated rings. The van der Waals surface area contributed by atoms with Crippen molar-refractivity contribution in [3.05, 3.63) is 29.8 Å². The maximum Gasteiger partial charge on any atom is 0.416 e. The number of nitrogens with one attached hydrogen (secondary N) is 1. The van der Waals surface area contributed by atoms with Gasteiger partial charge in [-0.05, 0) is 29.7 Å². The number of urea groups is 1. The molecule has 130 valence electrons. The van der Waals surface area contributed by atoms with Crippen LogP contribution >= 0.6 is 10.5 Å². The number of nitrogens with zero attached hydrogens (tertiary/aromatic N) is 1. The molecule has 2 rings (SSSR count). The lowest BCUT2D eigenvalue weighted by molar-refractivity contribution is -0.137. The van der Waals surface area contributed by atoms with Crippen LogP contribution in [0.5, 0.6) is 0 Å². The molecule has 0 radical (unpaired) electrons. The summed E-state index contributed by atoms with van der Waals surface area (Å²) in [5.41, 5.74) is -1.21. The van der Waals surface area contributed by atoms with Crippen LogP contribution in [-0.2, 0) is 15.8 Å². The van der Waals surface area contributed by atoms with E-state index in [0.29, 0.717) is 22.5 Å². The van der Waals surface area contributed by atoms with E-state index in [2.05, 4.69) is 0 Å². The van der Waals surface area contributed by atoms with E-state index in [4.69, 9.17) is 0 Å². The monoisotopic (exact) mass is 360 g/mol. The fourth-order valence-corrected chi connectivity index (χ4v) is 3.94. The van der Waals surface area contributed by atoms with Crippen molar-refractivity contribution in [1.82, 2.24) is 5.32 Å². The molecule has 24 heavy (non-hydrogen) atoms. The van der Waals surface area contributed by atoms with Crippen molar-refractivity contribution in [3.63, 3.8) is 0 Å². The van der Waals surface area contributed by atoms with Crippen LogP contribution in [0.2, 0.25) is 0 Å². The minimum atomic E-state index is -4.61. The van der Waals surface area contributed by atoms with Gasteiger partial charge in [0.1, 0.15) is 4.86 Å². The predicted octanol–water partition coefficient (Wildman–Crippen LogP) is 2.77. The zero-order valence-electron chi connectivity index (χ0n) is 12.9. The highest BCUT2D eigenvalue weighted by Gasteiger charge is 2.39. The van der Waals surface area contributed by atoms with Crippen LogP contribution in [0, 0.1) is 0 Å². The van der Waals surface area contributed by atoms with Gasteiger partial charge in [0.05, 0.1) is 11.3 Å². The zero-order chi connectivity index (χ0) is 18.1. The lowest BCUT2D eigenvalue weighted by atomic mass is 10.1. The Morgan fingerprint density at radius 1 is 1.12 bits per heavy atom. The molecule has 0 bridgehead atoms. The van der Waals surface area contributed by atoms with E-state index in [1.807, 2.05) is 5.32 Å². The Morgan fingerprint density at radius 3 is 2.29 bits per heavy atom. The van der Waals surface area contributed by atoms with E-state index in [-0.39, 0.29) is 10.6 Å². The SMILES string of the molecule is CCS(CC)=C1C(=O)NC(=O)N(c2cccc(C(F)(F)F)c2)C1=O. The van der Waals surface area contributed by atoms with Crippen LogP contribution in [-0.4, -0.2) is 34.2 Å². The van der Waals surface area contributed by atoms with E-state index >= 15 is 0 Å². The number of hydrogen-bond donors (Lipinski definition) is 1. The number of carbonyl (C=O) groups excluding carboxylic acids is 3. The molecule has 0 spiro atoms. The third-order valence-electron chi connectivity index (χ3n) is 3.44. The van der Waals surface area contributed by atoms with E-state index in [0.717, 1.165) is 12.1 Å². The Morgan fingerprint density at radius 2 is 1.75 bits per heavy atom. The van der Waals surface area contributed by atoms with E-state index in [9.17, 15) is 27.6 Å². The van der Waals surface area contributed by atoms with Crippen LogP contribution in [0.4, 0.5) is 23.7 Å². The van der Waals surface area contributed by atoms with Gasteiger partial charge in [-0.25, -0.2) is 9.69 Å². The summed E-state index contributed by atoms with van der Waals surface area (Å²) < 4.78 is 38.5. The van der Waals surface area contributed by atoms with Gasteiger partial charge in [-0.2, -0.15) is 23.7 Å². The molecule has 4 amide bonds. The maximum atomic E-state index is 12.8. The predicted molar refractivity (Wildman–Crippen MR) is 86.1 cm³/mol. The highest BCUT2D eigenvalue weighted by molar-refractivity contribution is 8.18. The summed E-state index contributed by atoms with van der Waals surface area (Å²) in [7, 11) is -0.678. The highest BCUT2D eigenvalue weighted by Crippen LogP contribution is 2.32. The summed E-state index contributed by atoms with van der Waals surface area (Å²) in [6.07, 6.45) is -4.61. The second kappa shape index (κ2) is 6.76. The van der Waals surface area contributed by atoms with Gasteiger partial charge in [-0.3, -0.25) is 14.9 Å². The molecule has 1 aliphatic rings. The summed E-state index contributed by atoms with van der Waals surface area (Å²) in [4.78, 5) is 37.1. The molecule has 1 aromatic rings. The van der Waals surface area contributed by atoms with Crippen LogP contribution in [0.15, 0.2) is 24.3 Å². The Bertz CT molecular complexity index is 738. The number of barbiturate groups is 1. The quantitative estimate of drug-likeness (QED) is 0.843. The zero-order valence-corrected chi connectivity index (χ0v) is 13.8. The van der Waals surface area contributed by atoms with Crippen molar-refractivity contribution < 1.29 is 27.6 Å². The smallest absolute Gasteiger partial charge is 0.273 e. The fourth-order valence-electron chi connectivity index (χ4n) is 2.30. The minimum Gasteiger partial charge on any atom is -0.273 e. The second-order valence-electron chi connectivity index (χ2n) is 4.85. The third kappa shape index (κ3) is 3.35. The second-order valence-corrected chi connectivity index (χ2v) is 7.40. The van der Waals surface area contributed by atoms with E-state index in [1.165, 1.54) is 6.07 Å². The Hall–Kier alpha value is -2.16. The van der Waals surface area contributed by atoms with Gasteiger partial charge in [0, 0.05) is 0 Å². The van der Waals surface area contributed by atoms with Crippen molar-refractivity contribution >= 4 is 38.9 Å². The molecular weight excluding hydrogens is 345 g/mol. The summed E-state index contributed by atoms with van der Waals surface area (Å²) >= 11 is 0. The molecule has 0 unspecified atom stereocenters. The topological polar surface area (TPSA) is 66.5 Å². The van der Waals surface area contributed by atoms with E-state index in [1.54, 1.807) is 13.8 Å². The van der Waals surface area contributed by atoms with E-state index < -0.39 is 40.1 Å². The molecule has 0 saturated carbocycles. The number of carbonyl (C=O) groups is 3. The first-order valence-corrected chi connectivity index (χ1v) is 8.68. The average Bonchev–Trinajstić information content (AvgIpc) is 2.50. The van der Waals surface area contributed by atoms with Crippen LogP contribution in [0.3, 0.4) is 0 Å². The van der Waals surface area contributed by atoms with Crippen LogP contribution in [0.1, 0.15) is 19.4 Å². The summed E-state index contributed by atoms with van der Waals surface area (Å²) in [6.45, 7) is 3.59. The number of imide groups is 2. The summed E-state index contributed by atoms with van der Waals surface area (Å²) in [6, 6.07) is 2.82. The molecule has 1 aliphatic heterocycles. The number of alkyl halides is 3. The maximum absolute atomic E-state index is 12.8. The van der Waals surface area contributed by atoms with Crippen LogP contribution < -0.4 is 10.2 Å². The standard InChI is InChI=1S/C15H15F3N2O3S/c1-3-24(4-2)11-12(21)19-14(23)20(13(11)22)10-7-5-6-9(8-10)15(16,17)18/h5-8H,3-4H2,1-2H3,(H,19,21,23). The van der Waals surface area contributed by atoms with Gasteiger partial charge in [0.25, 0.3) is 11.8 Å². The number of rotatable bonds is 3. The van der Waals surface area contributed by atoms with Gasteiger partial charge in [-0.15, -0.1) is 0 Å². The summed E-state index contributed by atoms with van der Waals surface area (Å²) in [5, 5.41) is 2.03. The van der Waals surface area contributed by atoms with Crippen molar-refractivity contribution in [3.8, 4) is 0 Å². The number of anilines is 1. The van der Waals surface area contributed by atoms with Gasteiger partial charge in [0.2, 0.25) is 0 Å². The molecule has 0 aromatic heterocycles. The van der Waals surface area contributed by atoms with Gasteiger partial charge in [-0.1, -0.05) is 19.9 Å². The van der Waals surface area contributed by atoms with Crippen LogP contribution in [0.25, 0.3) is 0 Å². The number of amides is 4. The third-order valence-corrected chi connectivity index (χ3v) is 5.78. The number of benzene rings is 1. The molecule has 1 aromatic carbocycles. The highest BCUT2D eigenvalue weighted by atomic mass is 32.2. The Kier molecular flexibility index (Phi) is 5.12. The molecule has 1 heterocycles. The Labute approximate surface area is 138 Å². The van der Waals surface area contributed by atoms with Gasteiger partial charge >= 0.3 is 12.2 Å².